The van der Waals surface area contributed by atoms with Crippen LogP contribution >= 0.6 is 0 Å². The molecule has 1 heterocycles. The molecule has 1 rings (SSSR count). The lowest BCUT2D eigenvalue weighted by Gasteiger charge is -2.19. The standard InChI is InChI=1S/C14H22N4O3/c1-14(2,3)21-13(20)18-9-5-8-17-12-10(11(15)19)6-4-7-16-12/h4,6-7H,5,8-9H2,1-3H3,(H2,15,19)(H,16,17)(H,18,20). The summed E-state index contributed by atoms with van der Waals surface area (Å²) in [6, 6.07) is 3.26. The Morgan fingerprint density at radius 1 is 1.33 bits per heavy atom. The van der Waals surface area contributed by atoms with Gasteiger partial charge in [0.05, 0.1) is 5.56 Å². The molecule has 4 N–H and O–H groups in total. The van der Waals surface area contributed by atoms with Crippen molar-refractivity contribution >= 4 is 17.8 Å². The molecule has 2 amide bonds. The maximum absolute atomic E-state index is 11.4. The van der Waals surface area contributed by atoms with E-state index in [0.29, 0.717) is 30.9 Å². The van der Waals surface area contributed by atoms with Crippen LogP contribution in [0.3, 0.4) is 0 Å². The summed E-state index contributed by atoms with van der Waals surface area (Å²) in [4.78, 5) is 26.7. The number of pyridine rings is 1. The number of alkyl carbamates (subject to hydrolysis) is 1. The second kappa shape index (κ2) is 7.47. The van der Waals surface area contributed by atoms with Crippen molar-refractivity contribution in [2.45, 2.75) is 32.8 Å². The Labute approximate surface area is 124 Å². The third kappa shape index (κ3) is 6.60. The monoisotopic (exact) mass is 294 g/mol. The van der Waals surface area contributed by atoms with Gasteiger partial charge in [0, 0.05) is 19.3 Å². The molecular weight excluding hydrogens is 272 g/mol. The largest absolute Gasteiger partial charge is 0.444 e. The van der Waals surface area contributed by atoms with Gasteiger partial charge in [-0.2, -0.15) is 0 Å². The number of anilines is 1. The highest BCUT2D eigenvalue weighted by Gasteiger charge is 2.15. The number of rotatable bonds is 6. The van der Waals surface area contributed by atoms with Gasteiger partial charge in [-0.25, -0.2) is 9.78 Å². The SMILES string of the molecule is CC(C)(C)OC(=O)NCCCNc1ncccc1C(N)=O. The Bertz CT molecular complexity index is 497. The Morgan fingerprint density at radius 3 is 2.67 bits per heavy atom. The smallest absolute Gasteiger partial charge is 0.407 e. The van der Waals surface area contributed by atoms with Crippen molar-refractivity contribution in [2.75, 3.05) is 18.4 Å². The summed E-state index contributed by atoms with van der Waals surface area (Å²) < 4.78 is 5.11. The fourth-order valence-corrected chi connectivity index (χ4v) is 1.54. The minimum atomic E-state index is -0.530. The molecule has 0 aliphatic carbocycles. The van der Waals surface area contributed by atoms with Crippen LogP contribution in [-0.4, -0.2) is 35.7 Å². The van der Waals surface area contributed by atoms with Crippen LogP contribution in [0.1, 0.15) is 37.6 Å². The number of nitrogens with two attached hydrogens (primary N) is 1. The van der Waals surface area contributed by atoms with Gasteiger partial charge in [0.2, 0.25) is 0 Å². The summed E-state index contributed by atoms with van der Waals surface area (Å²) >= 11 is 0. The number of primary amides is 1. The van der Waals surface area contributed by atoms with Crippen molar-refractivity contribution in [1.29, 1.82) is 0 Å². The van der Waals surface area contributed by atoms with Crippen molar-refractivity contribution in [3.8, 4) is 0 Å². The minimum absolute atomic E-state index is 0.345. The summed E-state index contributed by atoms with van der Waals surface area (Å²) in [5.74, 6) is -0.0836. The molecular formula is C14H22N4O3. The fourth-order valence-electron chi connectivity index (χ4n) is 1.54. The first kappa shape index (κ1) is 16.7. The Hall–Kier alpha value is -2.31. The van der Waals surface area contributed by atoms with Crippen LogP contribution in [0, 0.1) is 0 Å². The van der Waals surface area contributed by atoms with E-state index in [1.807, 2.05) is 0 Å². The van der Waals surface area contributed by atoms with Gasteiger partial charge >= 0.3 is 6.09 Å². The summed E-state index contributed by atoms with van der Waals surface area (Å²) in [6.07, 6.45) is 1.79. The first-order chi connectivity index (χ1) is 9.79. The topological polar surface area (TPSA) is 106 Å². The number of ether oxygens (including phenoxy) is 1. The van der Waals surface area contributed by atoms with Crippen LogP contribution in [0.25, 0.3) is 0 Å². The van der Waals surface area contributed by atoms with E-state index in [1.54, 1.807) is 39.1 Å². The van der Waals surface area contributed by atoms with E-state index >= 15 is 0 Å². The van der Waals surface area contributed by atoms with Crippen LogP contribution in [0.4, 0.5) is 10.6 Å². The second-order valence-electron chi connectivity index (χ2n) is 5.47. The van der Waals surface area contributed by atoms with E-state index in [0.717, 1.165) is 0 Å². The molecule has 0 saturated carbocycles. The predicted molar refractivity (Wildman–Crippen MR) is 80.1 cm³/mol. The van der Waals surface area contributed by atoms with E-state index in [2.05, 4.69) is 15.6 Å². The molecule has 1 aromatic rings. The maximum atomic E-state index is 11.4. The van der Waals surface area contributed by atoms with E-state index in [1.165, 1.54) is 0 Å². The van der Waals surface area contributed by atoms with Crippen LogP contribution in [0.2, 0.25) is 0 Å². The molecule has 0 fully saturated rings. The summed E-state index contributed by atoms with van der Waals surface area (Å²) in [6.45, 7) is 6.43. The van der Waals surface area contributed by atoms with Crippen LogP contribution < -0.4 is 16.4 Å². The molecule has 116 valence electrons. The number of hydrogen-bond donors (Lipinski definition) is 3. The van der Waals surface area contributed by atoms with Crippen molar-refractivity contribution in [3.63, 3.8) is 0 Å². The van der Waals surface area contributed by atoms with E-state index in [9.17, 15) is 9.59 Å². The third-order valence-corrected chi connectivity index (χ3v) is 2.39. The van der Waals surface area contributed by atoms with Gasteiger partial charge in [-0.15, -0.1) is 0 Å². The molecule has 0 bridgehead atoms. The van der Waals surface area contributed by atoms with E-state index in [4.69, 9.17) is 10.5 Å². The number of aromatic nitrogens is 1. The highest BCUT2D eigenvalue weighted by atomic mass is 16.6. The van der Waals surface area contributed by atoms with Crippen molar-refractivity contribution in [2.24, 2.45) is 5.73 Å². The summed E-state index contributed by atoms with van der Waals surface area (Å²) in [7, 11) is 0. The van der Waals surface area contributed by atoms with Gasteiger partial charge in [0.1, 0.15) is 11.4 Å². The fraction of sp³-hybridized carbons (Fsp3) is 0.500. The Morgan fingerprint density at radius 2 is 2.05 bits per heavy atom. The number of carbonyl (C=O) groups excluding carboxylic acids is 2. The van der Waals surface area contributed by atoms with E-state index < -0.39 is 17.6 Å². The number of nitrogens with one attached hydrogen (secondary N) is 2. The molecule has 1 aromatic heterocycles. The molecule has 0 aromatic carbocycles. The van der Waals surface area contributed by atoms with Gasteiger partial charge in [0.15, 0.2) is 0 Å². The quantitative estimate of drug-likeness (QED) is 0.689. The zero-order valence-electron chi connectivity index (χ0n) is 12.6. The van der Waals surface area contributed by atoms with Gasteiger partial charge in [-0.3, -0.25) is 4.79 Å². The van der Waals surface area contributed by atoms with Gasteiger partial charge in [0.25, 0.3) is 5.91 Å². The molecule has 0 saturated heterocycles. The number of carbonyl (C=O) groups is 2. The van der Waals surface area contributed by atoms with Gasteiger partial charge in [-0.1, -0.05) is 0 Å². The second-order valence-corrected chi connectivity index (χ2v) is 5.47. The van der Waals surface area contributed by atoms with Crippen LogP contribution in [0.5, 0.6) is 0 Å². The average Bonchev–Trinajstić information content (AvgIpc) is 2.36. The highest BCUT2D eigenvalue weighted by Crippen LogP contribution is 2.10. The van der Waals surface area contributed by atoms with E-state index in [-0.39, 0.29) is 0 Å². The predicted octanol–water partition coefficient (Wildman–Crippen LogP) is 1.51. The lowest BCUT2D eigenvalue weighted by molar-refractivity contribution is 0.0527. The normalized spacial score (nSPS) is 10.8. The van der Waals surface area contributed by atoms with Crippen molar-refractivity contribution in [3.05, 3.63) is 23.9 Å². The Kier molecular flexibility index (Phi) is 5.95. The number of amides is 2. The molecule has 0 aliphatic heterocycles. The third-order valence-electron chi connectivity index (χ3n) is 2.39. The highest BCUT2D eigenvalue weighted by molar-refractivity contribution is 5.97. The zero-order chi connectivity index (χ0) is 15.9. The van der Waals surface area contributed by atoms with Gasteiger partial charge < -0.3 is 21.1 Å². The first-order valence-corrected chi connectivity index (χ1v) is 6.75. The number of nitrogens with zero attached hydrogens (tertiary/aromatic N) is 1. The molecule has 0 spiro atoms. The molecule has 7 nitrogen and oxygen atoms in total. The van der Waals surface area contributed by atoms with Gasteiger partial charge in [-0.05, 0) is 39.3 Å². The minimum Gasteiger partial charge on any atom is -0.444 e. The molecule has 0 aliphatic rings. The van der Waals surface area contributed by atoms with Crippen LogP contribution in [-0.2, 0) is 4.74 Å². The first-order valence-electron chi connectivity index (χ1n) is 6.75. The summed E-state index contributed by atoms with van der Waals surface area (Å²) in [5, 5.41) is 5.66. The molecule has 0 radical (unpaired) electrons. The average molecular weight is 294 g/mol. The zero-order valence-corrected chi connectivity index (χ0v) is 12.6. The lowest BCUT2D eigenvalue weighted by Crippen LogP contribution is -2.33. The summed E-state index contributed by atoms with van der Waals surface area (Å²) in [5.41, 5.74) is 5.09. The molecule has 0 unspecified atom stereocenters. The molecule has 0 atom stereocenters. The van der Waals surface area contributed by atoms with Crippen LogP contribution in [0.15, 0.2) is 18.3 Å². The lowest BCUT2D eigenvalue weighted by atomic mass is 10.2. The molecule has 21 heavy (non-hydrogen) atoms. The molecule has 7 heteroatoms. The Balaban J connectivity index is 2.29. The van der Waals surface area contributed by atoms with Crippen molar-refractivity contribution < 1.29 is 14.3 Å². The number of hydrogen-bond acceptors (Lipinski definition) is 5. The maximum Gasteiger partial charge on any atom is 0.407 e. The van der Waals surface area contributed by atoms with Crippen molar-refractivity contribution in [1.82, 2.24) is 10.3 Å².